The third-order valence-electron chi connectivity index (χ3n) is 8.05. The third-order valence-corrected chi connectivity index (χ3v) is 8.05. The Morgan fingerprint density at radius 2 is 1.59 bits per heavy atom. The molecule has 0 saturated carbocycles. The Morgan fingerprint density at radius 3 is 2.21 bits per heavy atom. The minimum absolute atomic E-state index is 0.217. The minimum Gasteiger partial charge on any atom is -0.385 e. The number of fused-ring (bicyclic) bond motifs is 2. The lowest BCUT2D eigenvalue weighted by atomic mass is 9.92. The van der Waals surface area contributed by atoms with Gasteiger partial charge < -0.3 is 14.7 Å². The number of hydrogen-bond donors (Lipinski definition) is 1. The van der Waals surface area contributed by atoms with Gasteiger partial charge in [-0.3, -0.25) is 4.90 Å². The molecule has 0 amide bonds. The SMILES string of the molecule is Cc1noc(C)c1CCNc1ccc(N2CCN(C3c4ccccc4C=Cc4ccccc43)CC2)c(C#N)c1. The minimum atomic E-state index is 0.217. The summed E-state index contributed by atoms with van der Waals surface area (Å²) in [5.41, 5.74) is 10.0. The first-order valence-electron chi connectivity index (χ1n) is 13.7. The van der Waals surface area contributed by atoms with E-state index in [2.05, 4.69) is 99.2 Å². The zero-order valence-corrected chi connectivity index (χ0v) is 22.5. The van der Waals surface area contributed by atoms with Crippen molar-refractivity contribution in [3.05, 3.63) is 112 Å². The van der Waals surface area contributed by atoms with Crippen LogP contribution >= 0.6 is 0 Å². The van der Waals surface area contributed by atoms with E-state index in [1.165, 1.54) is 22.3 Å². The monoisotopic (exact) mass is 515 g/mol. The van der Waals surface area contributed by atoms with Crippen LogP contribution in [0.25, 0.3) is 12.2 Å². The van der Waals surface area contributed by atoms with Gasteiger partial charge in [-0.25, -0.2) is 0 Å². The zero-order valence-electron chi connectivity index (χ0n) is 22.5. The van der Waals surface area contributed by atoms with Crippen LogP contribution in [0.3, 0.4) is 0 Å². The highest BCUT2D eigenvalue weighted by Gasteiger charge is 2.30. The summed E-state index contributed by atoms with van der Waals surface area (Å²) < 4.78 is 5.27. The molecule has 2 aliphatic rings. The average Bonchev–Trinajstić information content (AvgIpc) is 3.20. The highest BCUT2D eigenvalue weighted by Crippen LogP contribution is 2.38. The third kappa shape index (κ3) is 4.94. The largest absolute Gasteiger partial charge is 0.385 e. The predicted octanol–water partition coefficient (Wildman–Crippen LogP) is 6.21. The van der Waals surface area contributed by atoms with E-state index in [0.29, 0.717) is 5.56 Å². The molecule has 196 valence electrons. The second-order valence-corrected chi connectivity index (χ2v) is 10.3. The number of nitrogens with zero attached hydrogens (tertiary/aromatic N) is 4. The molecule has 0 unspecified atom stereocenters. The molecule has 6 nitrogen and oxygen atoms in total. The quantitative estimate of drug-likeness (QED) is 0.329. The standard InChI is InChI=1S/C33H33N5O/c1-23-29(24(2)39-36-23)15-16-35-28-13-14-32(27(21-28)22-34)37-17-19-38(20-18-37)33-30-9-5-3-7-25(30)11-12-26-8-4-6-10-31(26)33/h3-14,21,33,35H,15-20H2,1-2H3. The molecule has 1 fully saturated rings. The van der Waals surface area contributed by atoms with E-state index in [9.17, 15) is 5.26 Å². The lowest BCUT2D eigenvalue weighted by Crippen LogP contribution is -2.48. The van der Waals surface area contributed by atoms with Crippen LogP contribution in [-0.2, 0) is 6.42 Å². The van der Waals surface area contributed by atoms with Gasteiger partial charge in [0.2, 0.25) is 0 Å². The fraction of sp³-hybridized carbons (Fsp3) is 0.273. The van der Waals surface area contributed by atoms with Crippen LogP contribution in [0.15, 0.2) is 71.3 Å². The first-order chi connectivity index (χ1) is 19.1. The number of hydrogen-bond acceptors (Lipinski definition) is 6. The lowest BCUT2D eigenvalue weighted by molar-refractivity contribution is 0.212. The average molecular weight is 516 g/mol. The summed E-state index contributed by atoms with van der Waals surface area (Å²) >= 11 is 0. The number of anilines is 2. The van der Waals surface area contributed by atoms with E-state index >= 15 is 0 Å². The summed E-state index contributed by atoms with van der Waals surface area (Å²) in [7, 11) is 0. The van der Waals surface area contributed by atoms with Crippen LogP contribution < -0.4 is 10.2 Å². The first kappa shape index (κ1) is 25.0. The molecule has 0 bridgehead atoms. The Hall–Kier alpha value is -4.34. The van der Waals surface area contributed by atoms with Crippen LogP contribution in [0.5, 0.6) is 0 Å². The topological polar surface area (TPSA) is 68.3 Å². The van der Waals surface area contributed by atoms with E-state index in [-0.39, 0.29) is 6.04 Å². The number of aryl methyl sites for hydroxylation is 2. The van der Waals surface area contributed by atoms with Gasteiger partial charge >= 0.3 is 0 Å². The molecule has 4 aromatic rings. The van der Waals surface area contributed by atoms with Gasteiger partial charge in [0, 0.05) is 44.0 Å². The second-order valence-electron chi connectivity index (χ2n) is 10.3. The van der Waals surface area contributed by atoms with Gasteiger partial charge in [0.25, 0.3) is 0 Å². The molecule has 6 rings (SSSR count). The Morgan fingerprint density at radius 1 is 0.923 bits per heavy atom. The van der Waals surface area contributed by atoms with Crippen molar-refractivity contribution in [1.82, 2.24) is 10.1 Å². The van der Waals surface area contributed by atoms with Crippen molar-refractivity contribution < 1.29 is 4.52 Å². The summed E-state index contributed by atoms with van der Waals surface area (Å²) in [6, 6.07) is 26.3. The van der Waals surface area contributed by atoms with Crippen molar-refractivity contribution in [3.8, 4) is 6.07 Å². The van der Waals surface area contributed by atoms with E-state index < -0.39 is 0 Å². The van der Waals surface area contributed by atoms with Gasteiger partial charge in [-0.2, -0.15) is 5.26 Å². The van der Waals surface area contributed by atoms with Crippen LogP contribution in [-0.4, -0.2) is 42.8 Å². The summed E-state index contributed by atoms with van der Waals surface area (Å²) in [6.45, 7) is 8.28. The molecule has 1 N–H and O–H groups in total. The molecule has 1 aliphatic heterocycles. The number of rotatable bonds is 6. The van der Waals surface area contributed by atoms with Crippen LogP contribution in [0.4, 0.5) is 11.4 Å². The van der Waals surface area contributed by atoms with E-state index in [1.54, 1.807) is 0 Å². The van der Waals surface area contributed by atoms with Crippen LogP contribution in [0.2, 0.25) is 0 Å². The Balaban J connectivity index is 1.16. The zero-order chi connectivity index (χ0) is 26.8. The molecule has 1 aliphatic carbocycles. The van der Waals surface area contributed by atoms with Crippen molar-refractivity contribution in [2.75, 3.05) is 42.9 Å². The fourth-order valence-electron chi connectivity index (χ4n) is 5.99. The van der Waals surface area contributed by atoms with E-state index in [1.807, 2.05) is 19.9 Å². The molecule has 3 aromatic carbocycles. The molecule has 2 heterocycles. The van der Waals surface area contributed by atoms with Crippen LogP contribution in [0, 0.1) is 25.2 Å². The molecular formula is C33H33N5O. The first-order valence-corrected chi connectivity index (χ1v) is 13.7. The predicted molar refractivity (Wildman–Crippen MR) is 157 cm³/mol. The maximum atomic E-state index is 9.99. The molecule has 1 aromatic heterocycles. The van der Waals surface area contributed by atoms with Crippen molar-refractivity contribution in [3.63, 3.8) is 0 Å². The van der Waals surface area contributed by atoms with Gasteiger partial charge in [0.1, 0.15) is 11.8 Å². The molecule has 0 atom stereocenters. The number of piperazine rings is 1. The van der Waals surface area contributed by atoms with Crippen LogP contribution in [0.1, 0.15) is 50.9 Å². The summed E-state index contributed by atoms with van der Waals surface area (Å²) in [5, 5.41) is 17.5. The smallest absolute Gasteiger partial charge is 0.137 e. The Kier molecular flexibility index (Phi) is 6.91. The maximum Gasteiger partial charge on any atom is 0.137 e. The highest BCUT2D eigenvalue weighted by atomic mass is 16.5. The number of nitriles is 1. The highest BCUT2D eigenvalue weighted by molar-refractivity contribution is 5.76. The van der Waals surface area contributed by atoms with Crippen molar-refractivity contribution in [1.29, 1.82) is 5.26 Å². The van der Waals surface area contributed by atoms with Gasteiger partial charge in [-0.05, 0) is 60.7 Å². The van der Waals surface area contributed by atoms with E-state index in [0.717, 1.165) is 67.5 Å². The molecule has 1 saturated heterocycles. The van der Waals surface area contributed by atoms with Gasteiger partial charge in [0.15, 0.2) is 0 Å². The van der Waals surface area contributed by atoms with Gasteiger partial charge in [-0.1, -0.05) is 65.8 Å². The maximum absolute atomic E-state index is 9.99. The number of nitrogens with one attached hydrogen (secondary N) is 1. The summed E-state index contributed by atoms with van der Waals surface area (Å²) in [6.07, 6.45) is 5.32. The lowest BCUT2D eigenvalue weighted by Gasteiger charge is -2.41. The Bertz CT molecular complexity index is 1490. The fourth-order valence-corrected chi connectivity index (χ4v) is 5.99. The molecule has 39 heavy (non-hydrogen) atoms. The Labute approximate surface area is 230 Å². The van der Waals surface area contributed by atoms with Crippen molar-refractivity contribution in [2.45, 2.75) is 26.3 Å². The van der Waals surface area contributed by atoms with Gasteiger partial charge in [-0.15, -0.1) is 0 Å². The molecule has 0 radical (unpaired) electrons. The van der Waals surface area contributed by atoms with Crippen molar-refractivity contribution in [2.24, 2.45) is 0 Å². The molecule has 0 spiro atoms. The number of benzene rings is 3. The molecular weight excluding hydrogens is 482 g/mol. The van der Waals surface area contributed by atoms with Gasteiger partial charge in [0.05, 0.1) is 23.0 Å². The second kappa shape index (κ2) is 10.8. The van der Waals surface area contributed by atoms with Crippen molar-refractivity contribution >= 4 is 23.5 Å². The summed E-state index contributed by atoms with van der Waals surface area (Å²) in [4.78, 5) is 4.95. The normalized spacial score (nSPS) is 15.4. The molecule has 6 heteroatoms. The summed E-state index contributed by atoms with van der Waals surface area (Å²) in [5.74, 6) is 0.869. The van der Waals surface area contributed by atoms with E-state index in [4.69, 9.17) is 4.52 Å². The number of aromatic nitrogens is 1.